The number of nitrogens with zero attached hydrogens (tertiary/aromatic N) is 2. The number of piperazine rings is 1. The summed E-state index contributed by atoms with van der Waals surface area (Å²) in [5.74, 6) is 0.218. The molecule has 0 aromatic carbocycles. The van der Waals surface area contributed by atoms with E-state index >= 15 is 0 Å². The summed E-state index contributed by atoms with van der Waals surface area (Å²) in [5.41, 5.74) is 0.288. The van der Waals surface area contributed by atoms with E-state index in [0.717, 1.165) is 26.2 Å². The van der Waals surface area contributed by atoms with Crippen LogP contribution in [-0.4, -0.2) is 47.4 Å². The number of hydrogen-bond donors (Lipinski definition) is 0. The number of carbonyl (C=O) groups excluding carboxylic acids is 1. The third-order valence-corrected chi connectivity index (χ3v) is 4.22. The fourth-order valence-corrected chi connectivity index (χ4v) is 2.77. The summed E-state index contributed by atoms with van der Waals surface area (Å²) in [4.78, 5) is 15.8. The van der Waals surface area contributed by atoms with E-state index in [2.05, 4.69) is 25.7 Å². The molecule has 1 aliphatic rings. The Hall–Kier alpha value is -0.570. The Labute approximate surface area is 113 Å². The van der Waals surface area contributed by atoms with Gasteiger partial charge in [-0.2, -0.15) is 0 Å². The highest BCUT2D eigenvalue weighted by molar-refractivity contribution is 5.73. The number of carbonyl (C=O) groups is 1. The van der Waals surface area contributed by atoms with E-state index in [-0.39, 0.29) is 11.4 Å². The molecule has 18 heavy (non-hydrogen) atoms. The van der Waals surface area contributed by atoms with Gasteiger partial charge in [0.15, 0.2) is 0 Å². The fraction of sp³-hybridized carbons (Fsp3) is 0.933. The molecule has 1 aliphatic heterocycles. The van der Waals surface area contributed by atoms with Crippen molar-refractivity contribution < 1.29 is 4.79 Å². The maximum Gasteiger partial charge on any atom is 0.219 e. The highest BCUT2D eigenvalue weighted by Crippen LogP contribution is 2.23. The van der Waals surface area contributed by atoms with E-state index in [1.807, 2.05) is 4.90 Å². The van der Waals surface area contributed by atoms with Crippen molar-refractivity contribution in [3.8, 4) is 0 Å². The van der Waals surface area contributed by atoms with Gasteiger partial charge in [0, 0.05) is 38.6 Å². The van der Waals surface area contributed by atoms with Crippen molar-refractivity contribution in [2.45, 2.75) is 65.3 Å². The van der Waals surface area contributed by atoms with Gasteiger partial charge in [-0.05, 0) is 20.3 Å². The van der Waals surface area contributed by atoms with Crippen molar-refractivity contribution in [1.29, 1.82) is 0 Å². The molecule has 0 saturated carbocycles. The zero-order chi connectivity index (χ0) is 13.6. The van der Waals surface area contributed by atoms with Gasteiger partial charge in [0.2, 0.25) is 5.91 Å². The predicted molar refractivity (Wildman–Crippen MR) is 76.7 cm³/mol. The summed E-state index contributed by atoms with van der Waals surface area (Å²) in [6.07, 6.45) is 6.61. The third kappa shape index (κ3) is 4.60. The lowest BCUT2D eigenvalue weighted by molar-refractivity contribution is -0.131. The summed E-state index contributed by atoms with van der Waals surface area (Å²) in [6, 6.07) is 0. The molecule has 0 aromatic heterocycles. The Morgan fingerprint density at radius 2 is 1.67 bits per heavy atom. The first-order chi connectivity index (χ1) is 8.47. The first-order valence-corrected chi connectivity index (χ1v) is 7.48. The van der Waals surface area contributed by atoms with Gasteiger partial charge in [-0.15, -0.1) is 0 Å². The van der Waals surface area contributed by atoms with Crippen LogP contribution in [-0.2, 0) is 4.79 Å². The van der Waals surface area contributed by atoms with Crippen molar-refractivity contribution in [1.82, 2.24) is 9.80 Å². The largest absolute Gasteiger partial charge is 0.340 e. The zero-order valence-electron chi connectivity index (χ0n) is 12.7. The Bertz CT molecular complexity index is 255. The van der Waals surface area contributed by atoms with Gasteiger partial charge in [-0.25, -0.2) is 0 Å². The van der Waals surface area contributed by atoms with E-state index in [4.69, 9.17) is 0 Å². The van der Waals surface area contributed by atoms with Crippen LogP contribution < -0.4 is 0 Å². The number of amides is 1. The average molecular weight is 254 g/mol. The Morgan fingerprint density at radius 1 is 1.06 bits per heavy atom. The van der Waals surface area contributed by atoms with Gasteiger partial charge in [0.1, 0.15) is 0 Å². The van der Waals surface area contributed by atoms with Crippen molar-refractivity contribution >= 4 is 5.91 Å². The van der Waals surface area contributed by atoms with Gasteiger partial charge < -0.3 is 4.90 Å². The molecule has 106 valence electrons. The first kappa shape index (κ1) is 15.5. The second kappa shape index (κ2) is 7.13. The normalized spacial score (nSPS) is 18.1. The summed E-state index contributed by atoms with van der Waals surface area (Å²) in [6.45, 7) is 12.5. The third-order valence-electron chi connectivity index (χ3n) is 4.22. The Balaban J connectivity index is 2.33. The zero-order valence-corrected chi connectivity index (χ0v) is 12.7. The molecule has 0 spiro atoms. The average Bonchev–Trinajstić information content (AvgIpc) is 2.35. The van der Waals surface area contributed by atoms with Crippen LogP contribution in [0.1, 0.15) is 59.8 Å². The summed E-state index contributed by atoms with van der Waals surface area (Å²) in [7, 11) is 0. The lowest BCUT2D eigenvalue weighted by atomic mass is 9.93. The van der Waals surface area contributed by atoms with Crippen LogP contribution in [0, 0.1) is 0 Å². The van der Waals surface area contributed by atoms with E-state index in [0.29, 0.717) is 0 Å². The smallest absolute Gasteiger partial charge is 0.219 e. The number of unbranched alkanes of at least 4 members (excludes halogenated alkanes) is 3. The fourth-order valence-electron chi connectivity index (χ4n) is 2.77. The van der Waals surface area contributed by atoms with E-state index in [9.17, 15) is 4.79 Å². The second-order valence-electron chi connectivity index (χ2n) is 6.12. The van der Waals surface area contributed by atoms with E-state index in [1.54, 1.807) is 6.92 Å². The van der Waals surface area contributed by atoms with E-state index < -0.39 is 0 Å². The molecular weight excluding hydrogens is 224 g/mol. The highest BCUT2D eigenvalue weighted by Gasteiger charge is 2.29. The van der Waals surface area contributed by atoms with Crippen LogP contribution in [0.25, 0.3) is 0 Å². The van der Waals surface area contributed by atoms with Crippen molar-refractivity contribution in [3.05, 3.63) is 0 Å². The van der Waals surface area contributed by atoms with Crippen LogP contribution in [0.3, 0.4) is 0 Å². The maximum absolute atomic E-state index is 11.3. The maximum atomic E-state index is 11.3. The van der Waals surface area contributed by atoms with Gasteiger partial charge in [-0.1, -0.05) is 32.6 Å². The predicted octanol–water partition coefficient (Wildman–Crippen LogP) is 2.90. The Morgan fingerprint density at radius 3 is 2.17 bits per heavy atom. The van der Waals surface area contributed by atoms with Gasteiger partial charge in [0.25, 0.3) is 0 Å². The molecule has 1 saturated heterocycles. The summed E-state index contributed by atoms with van der Waals surface area (Å²) in [5, 5.41) is 0. The number of hydrogen-bond acceptors (Lipinski definition) is 2. The van der Waals surface area contributed by atoms with Crippen LogP contribution >= 0.6 is 0 Å². The molecule has 0 bridgehead atoms. The summed E-state index contributed by atoms with van der Waals surface area (Å²) < 4.78 is 0. The lowest BCUT2D eigenvalue weighted by Gasteiger charge is -2.44. The minimum atomic E-state index is 0.218. The molecule has 0 radical (unpaired) electrons. The Kier molecular flexibility index (Phi) is 6.13. The minimum absolute atomic E-state index is 0.218. The molecule has 0 atom stereocenters. The van der Waals surface area contributed by atoms with Gasteiger partial charge in [0.05, 0.1) is 0 Å². The van der Waals surface area contributed by atoms with Crippen LogP contribution in [0.4, 0.5) is 0 Å². The molecule has 1 fully saturated rings. The highest BCUT2D eigenvalue weighted by atomic mass is 16.2. The molecule has 0 N–H and O–H groups in total. The van der Waals surface area contributed by atoms with Crippen LogP contribution in [0.15, 0.2) is 0 Å². The molecule has 3 heteroatoms. The lowest BCUT2D eigenvalue weighted by Crippen LogP contribution is -2.55. The molecule has 0 aliphatic carbocycles. The standard InChI is InChI=1S/C15H30N2O/c1-5-6-7-8-9-15(3,4)17-12-10-16(11-13-17)14(2)18/h5-13H2,1-4H3. The quantitative estimate of drug-likeness (QED) is 0.680. The van der Waals surface area contributed by atoms with Crippen LogP contribution in [0.5, 0.6) is 0 Å². The molecule has 0 unspecified atom stereocenters. The summed E-state index contributed by atoms with van der Waals surface area (Å²) >= 11 is 0. The topological polar surface area (TPSA) is 23.6 Å². The molecule has 1 heterocycles. The van der Waals surface area contributed by atoms with Gasteiger partial charge >= 0.3 is 0 Å². The van der Waals surface area contributed by atoms with Crippen molar-refractivity contribution in [3.63, 3.8) is 0 Å². The second-order valence-corrected chi connectivity index (χ2v) is 6.12. The SMILES string of the molecule is CCCCCCC(C)(C)N1CCN(C(C)=O)CC1. The van der Waals surface area contributed by atoms with Gasteiger partial charge in [-0.3, -0.25) is 9.69 Å². The van der Waals surface area contributed by atoms with Crippen molar-refractivity contribution in [2.24, 2.45) is 0 Å². The van der Waals surface area contributed by atoms with Crippen molar-refractivity contribution in [2.75, 3.05) is 26.2 Å². The van der Waals surface area contributed by atoms with Crippen LogP contribution in [0.2, 0.25) is 0 Å². The monoisotopic (exact) mass is 254 g/mol. The molecule has 1 amide bonds. The molecular formula is C15H30N2O. The van der Waals surface area contributed by atoms with E-state index in [1.165, 1.54) is 32.1 Å². The molecule has 1 rings (SSSR count). The first-order valence-electron chi connectivity index (χ1n) is 7.48. The molecule has 3 nitrogen and oxygen atoms in total. The number of rotatable bonds is 6. The molecule has 0 aromatic rings. The minimum Gasteiger partial charge on any atom is -0.340 e.